The van der Waals surface area contributed by atoms with Crippen molar-refractivity contribution in [3.8, 4) is 0 Å². The van der Waals surface area contributed by atoms with Crippen LogP contribution in [0.3, 0.4) is 0 Å². The molecule has 0 amide bonds. The maximum absolute atomic E-state index is 7.25. The molecule has 1 rings (SSSR count). The molecule has 0 aliphatic carbocycles. The summed E-state index contributed by atoms with van der Waals surface area (Å²) in [6.45, 7) is 0.804. The van der Waals surface area contributed by atoms with Crippen LogP contribution in [0.5, 0.6) is 0 Å². The van der Waals surface area contributed by atoms with Gasteiger partial charge in [0.2, 0.25) is 0 Å². The number of hydrogen-bond acceptors (Lipinski definition) is 3. The summed E-state index contributed by atoms with van der Waals surface area (Å²) in [6, 6.07) is 7.74. The Kier molecular flexibility index (Phi) is 5.21. The van der Waals surface area contributed by atoms with E-state index in [0.29, 0.717) is 0 Å². The van der Waals surface area contributed by atoms with Crippen LogP contribution in [0.2, 0.25) is 0 Å². The second kappa shape index (κ2) is 6.48. The van der Waals surface area contributed by atoms with Gasteiger partial charge in [0.1, 0.15) is 5.84 Å². The molecule has 3 N–H and O–H groups in total. The first-order valence-electron chi connectivity index (χ1n) is 4.80. The summed E-state index contributed by atoms with van der Waals surface area (Å²) in [6.07, 6.45) is 1.05. The van der Waals surface area contributed by atoms with E-state index in [1.54, 1.807) is 18.9 Å². The third-order valence-corrected chi connectivity index (χ3v) is 3.03. The fourth-order valence-corrected chi connectivity index (χ4v) is 1.95. The minimum Gasteiger partial charge on any atom is -0.385 e. The highest BCUT2D eigenvalue weighted by atomic mass is 32.2. The molecule has 0 saturated carbocycles. The number of nitrogen functional groups attached to an aromatic ring is 1. The van der Waals surface area contributed by atoms with E-state index in [4.69, 9.17) is 15.9 Å². The first kappa shape index (κ1) is 12.1. The summed E-state index contributed by atoms with van der Waals surface area (Å²) in [4.78, 5) is 1.20. The lowest BCUT2D eigenvalue weighted by Crippen LogP contribution is -2.10. The summed E-state index contributed by atoms with van der Waals surface area (Å²) in [5, 5.41) is 7.25. The molecule has 0 aliphatic rings. The molecule has 0 spiro atoms. The van der Waals surface area contributed by atoms with E-state index in [1.165, 1.54) is 4.90 Å². The number of ether oxygens (including phenoxy) is 1. The van der Waals surface area contributed by atoms with E-state index < -0.39 is 0 Å². The molecule has 4 heteroatoms. The van der Waals surface area contributed by atoms with Crippen molar-refractivity contribution in [3.63, 3.8) is 0 Å². The summed E-state index contributed by atoms with van der Waals surface area (Å²) in [5.41, 5.74) is 6.14. The molecule has 1 aromatic carbocycles. The molecule has 0 unspecified atom stereocenters. The van der Waals surface area contributed by atoms with E-state index >= 15 is 0 Å². The topological polar surface area (TPSA) is 59.1 Å². The van der Waals surface area contributed by atoms with E-state index in [0.717, 1.165) is 24.3 Å². The lowest BCUT2D eigenvalue weighted by atomic mass is 10.2. The van der Waals surface area contributed by atoms with E-state index in [-0.39, 0.29) is 5.84 Å². The van der Waals surface area contributed by atoms with Crippen molar-refractivity contribution in [1.82, 2.24) is 0 Å². The summed E-state index contributed by atoms with van der Waals surface area (Å²) < 4.78 is 4.97. The molecular weight excluding hydrogens is 208 g/mol. The smallest absolute Gasteiger partial charge is 0.122 e. The van der Waals surface area contributed by atoms with Crippen molar-refractivity contribution in [2.75, 3.05) is 19.5 Å². The Morgan fingerprint density at radius 2 is 2.07 bits per heavy atom. The van der Waals surface area contributed by atoms with Crippen molar-refractivity contribution in [2.45, 2.75) is 11.3 Å². The molecule has 1 aromatic rings. The number of hydrogen-bond donors (Lipinski definition) is 2. The zero-order chi connectivity index (χ0) is 11.1. The van der Waals surface area contributed by atoms with Crippen molar-refractivity contribution >= 4 is 17.6 Å². The number of thioether (sulfide) groups is 1. The van der Waals surface area contributed by atoms with E-state index in [1.807, 2.05) is 24.3 Å². The molecule has 15 heavy (non-hydrogen) atoms. The third-order valence-electron chi connectivity index (χ3n) is 1.93. The molecule has 0 heterocycles. The molecular formula is C11H16N2OS. The monoisotopic (exact) mass is 224 g/mol. The number of methoxy groups -OCH3 is 1. The van der Waals surface area contributed by atoms with Crippen LogP contribution in [0.4, 0.5) is 0 Å². The maximum Gasteiger partial charge on any atom is 0.122 e. The van der Waals surface area contributed by atoms with Gasteiger partial charge < -0.3 is 10.5 Å². The molecule has 82 valence electrons. The number of nitrogens with two attached hydrogens (primary N) is 1. The standard InChI is InChI=1S/C11H16N2OS/c1-14-7-2-8-15-10-5-3-9(4-6-10)11(12)13/h3-6H,2,7-8H2,1H3,(H3,12,13). The van der Waals surface area contributed by atoms with Gasteiger partial charge in [0.15, 0.2) is 0 Å². The Morgan fingerprint density at radius 3 is 2.60 bits per heavy atom. The van der Waals surface area contributed by atoms with Crippen molar-refractivity contribution in [3.05, 3.63) is 29.8 Å². The van der Waals surface area contributed by atoms with Crippen LogP contribution >= 0.6 is 11.8 Å². The summed E-state index contributed by atoms with van der Waals surface area (Å²) in [7, 11) is 1.71. The van der Waals surface area contributed by atoms with Crippen molar-refractivity contribution < 1.29 is 4.74 Å². The number of benzene rings is 1. The highest BCUT2D eigenvalue weighted by Gasteiger charge is 1.97. The van der Waals surface area contributed by atoms with E-state index in [2.05, 4.69) is 0 Å². The third kappa shape index (κ3) is 4.36. The van der Waals surface area contributed by atoms with E-state index in [9.17, 15) is 0 Å². The Bertz CT molecular complexity index is 311. The zero-order valence-electron chi connectivity index (χ0n) is 8.82. The number of nitrogens with one attached hydrogen (secondary N) is 1. The zero-order valence-corrected chi connectivity index (χ0v) is 9.64. The van der Waals surface area contributed by atoms with Crippen LogP contribution in [0.25, 0.3) is 0 Å². The first-order chi connectivity index (χ1) is 7.24. The van der Waals surface area contributed by atoms with Crippen molar-refractivity contribution in [1.29, 1.82) is 5.41 Å². The minimum absolute atomic E-state index is 0.117. The highest BCUT2D eigenvalue weighted by Crippen LogP contribution is 2.18. The summed E-state index contributed by atoms with van der Waals surface area (Å²) in [5.74, 6) is 1.17. The minimum atomic E-state index is 0.117. The highest BCUT2D eigenvalue weighted by molar-refractivity contribution is 7.99. The van der Waals surface area contributed by atoms with Gasteiger partial charge in [0.25, 0.3) is 0 Å². The lowest BCUT2D eigenvalue weighted by Gasteiger charge is -2.02. The molecule has 3 nitrogen and oxygen atoms in total. The number of rotatable bonds is 6. The van der Waals surface area contributed by atoms with Gasteiger partial charge in [-0.1, -0.05) is 12.1 Å². The van der Waals surface area contributed by atoms with Crippen LogP contribution in [0.15, 0.2) is 29.2 Å². The second-order valence-corrected chi connectivity index (χ2v) is 4.30. The Morgan fingerprint density at radius 1 is 1.40 bits per heavy atom. The average molecular weight is 224 g/mol. The largest absolute Gasteiger partial charge is 0.385 e. The Balaban J connectivity index is 2.39. The number of amidine groups is 1. The fraction of sp³-hybridized carbons (Fsp3) is 0.364. The van der Waals surface area contributed by atoms with Gasteiger partial charge in [-0.05, 0) is 18.6 Å². The molecule has 0 aromatic heterocycles. The van der Waals surface area contributed by atoms with Crippen LogP contribution in [0.1, 0.15) is 12.0 Å². The normalized spacial score (nSPS) is 10.2. The molecule has 0 bridgehead atoms. The molecule has 0 fully saturated rings. The van der Waals surface area contributed by atoms with Gasteiger partial charge in [-0.3, -0.25) is 5.41 Å². The average Bonchev–Trinajstić information content (AvgIpc) is 2.25. The van der Waals surface area contributed by atoms with Crippen LogP contribution in [-0.4, -0.2) is 25.3 Å². The van der Waals surface area contributed by atoms with Gasteiger partial charge in [-0.15, -0.1) is 11.8 Å². The molecule has 0 radical (unpaired) electrons. The van der Waals surface area contributed by atoms with Crippen LogP contribution < -0.4 is 5.73 Å². The van der Waals surface area contributed by atoms with Gasteiger partial charge in [-0.25, -0.2) is 0 Å². The van der Waals surface area contributed by atoms with Crippen LogP contribution in [-0.2, 0) is 4.74 Å². The van der Waals surface area contributed by atoms with Gasteiger partial charge in [-0.2, -0.15) is 0 Å². The fourth-order valence-electron chi connectivity index (χ4n) is 1.12. The van der Waals surface area contributed by atoms with Gasteiger partial charge in [0.05, 0.1) is 0 Å². The second-order valence-electron chi connectivity index (χ2n) is 3.13. The Labute approximate surface area is 94.5 Å². The molecule has 0 aliphatic heterocycles. The molecule has 0 atom stereocenters. The predicted molar refractivity (Wildman–Crippen MR) is 64.7 cm³/mol. The maximum atomic E-state index is 7.25. The van der Waals surface area contributed by atoms with Gasteiger partial charge >= 0.3 is 0 Å². The van der Waals surface area contributed by atoms with Gasteiger partial charge in [0, 0.05) is 29.9 Å². The predicted octanol–water partition coefficient (Wildman–Crippen LogP) is 2.10. The quantitative estimate of drug-likeness (QED) is 0.337. The molecule has 0 saturated heterocycles. The van der Waals surface area contributed by atoms with Crippen LogP contribution in [0, 0.1) is 5.41 Å². The SMILES string of the molecule is COCCCSc1ccc(C(=N)N)cc1. The Hall–Kier alpha value is -1.00. The lowest BCUT2D eigenvalue weighted by molar-refractivity contribution is 0.200. The van der Waals surface area contributed by atoms with Crippen molar-refractivity contribution in [2.24, 2.45) is 5.73 Å². The summed E-state index contributed by atoms with van der Waals surface area (Å²) >= 11 is 1.79. The first-order valence-corrected chi connectivity index (χ1v) is 5.79.